The lowest BCUT2D eigenvalue weighted by atomic mass is 9.89. The summed E-state index contributed by atoms with van der Waals surface area (Å²) in [6, 6.07) is 2.65. The number of hydrogen-bond acceptors (Lipinski definition) is 7. The van der Waals surface area contributed by atoms with Crippen LogP contribution in [0.3, 0.4) is 0 Å². The molecular weight excluding hydrogens is 352 g/mol. The van der Waals surface area contributed by atoms with Gasteiger partial charge in [0.15, 0.2) is 5.43 Å². The van der Waals surface area contributed by atoms with Crippen LogP contribution >= 0.6 is 0 Å². The van der Waals surface area contributed by atoms with Gasteiger partial charge in [-0.25, -0.2) is 4.79 Å². The lowest BCUT2D eigenvalue weighted by molar-refractivity contribution is -0.156. The maximum atomic E-state index is 12.3. The molecule has 0 spiro atoms. The minimum Gasteiger partial charge on any atom is -0.507 e. The van der Waals surface area contributed by atoms with Crippen LogP contribution in [0.2, 0.25) is 0 Å². The fourth-order valence-corrected chi connectivity index (χ4v) is 3.04. The van der Waals surface area contributed by atoms with Crippen LogP contribution in [-0.4, -0.2) is 27.9 Å². The van der Waals surface area contributed by atoms with Gasteiger partial charge in [-0.1, -0.05) is 6.08 Å². The number of esters is 1. The second kappa shape index (κ2) is 6.74. The molecule has 0 saturated heterocycles. The van der Waals surface area contributed by atoms with Crippen molar-refractivity contribution in [2.75, 3.05) is 0 Å². The van der Waals surface area contributed by atoms with Gasteiger partial charge in [0.25, 0.3) is 0 Å². The van der Waals surface area contributed by atoms with Crippen LogP contribution in [0.1, 0.15) is 39.0 Å². The predicted octanol–water partition coefficient (Wildman–Crippen LogP) is 2.58. The highest BCUT2D eigenvalue weighted by atomic mass is 16.6. The highest BCUT2D eigenvalue weighted by Gasteiger charge is 2.41. The van der Waals surface area contributed by atoms with Crippen molar-refractivity contribution in [2.45, 2.75) is 52.4 Å². The van der Waals surface area contributed by atoms with E-state index in [-0.39, 0.29) is 28.9 Å². The maximum Gasteiger partial charge on any atom is 0.333 e. The number of hydrogen-bond donors (Lipinski definition) is 2. The number of allylic oxidation sites excluding steroid dienone is 1. The number of carbonyl (C=O) groups excluding carboxylic acids is 1. The Bertz CT molecular complexity index is 998. The van der Waals surface area contributed by atoms with Crippen LogP contribution < -0.4 is 10.2 Å². The first-order valence-corrected chi connectivity index (χ1v) is 8.63. The molecular formula is C20H22O7. The van der Waals surface area contributed by atoms with Crippen molar-refractivity contribution in [1.29, 1.82) is 0 Å². The fraction of sp³-hybridized carbons (Fsp3) is 0.400. The minimum atomic E-state index is -0.855. The second-order valence-electron chi connectivity index (χ2n) is 7.09. The van der Waals surface area contributed by atoms with Crippen molar-refractivity contribution >= 4 is 16.9 Å². The molecule has 0 saturated carbocycles. The monoisotopic (exact) mass is 374 g/mol. The normalized spacial score (nSPS) is 18.7. The van der Waals surface area contributed by atoms with Gasteiger partial charge in [0.05, 0.1) is 0 Å². The molecule has 7 nitrogen and oxygen atoms in total. The molecule has 3 rings (SSSR count). The van der Waals surface area contributed by atoms with Crippen molar-refractivity contribution in [3.63, 3.8) is 0 Å². The molecule has 2 N–H and O–H groups in total. The van der Waals surface area contributed by atoms with E-state index >= 15 is 0 Å². The zero-order valence-electron chi connectivity index (χ0n) is 15.7. The van der Waals surface area contributed by atoms with E-state index in [0.717, 1.165) is 6.07 Å². The van der Waals surface area contributed by atoms with Crippen molar-refractivity contribution in [3.8, 4) is 11.5 Å². The van der Waals surface area contributed by atoms with Crippen LogP contribution in [0, 0.1) is 0 Å². The number of rotatable bonds is 3. The molecule has 0 radical (unpaired) electrons. The first kappa shape index (κ1) is 19.0. The summed E-state index contributed by atoms with van der Waals surface area (Å²) in [5, 5.41) is 19.9. The number of aliphatic hydroxyl groups is 1. The van der Waals surface area contributed by atoms with E-state index < -0.39 is 29.7 Å². The van der Waals surface area contributed by atoms with Gasteiger partial charge in [-0.3, -0.25) is 4.79 Å². The number of aromatic hydroxyl groups is 1. The molecule has 1 aromatic carbocycles. The Kier molecular flexibility index (Phi) is 4.73. The lowest BCUT2D eigenvalue weighted by Gasteiger charge is -2.39. The first-order valence-electron chi connectivity index (χ1n) is 8.63. The molecule has 0 amide bonds. The number of phenols is 1. The van der Waals surface area contributed by atoms with E-state index in [1.807, 2.05) is 0 Å². The van der Waals surface area contributed by atoms with Gasteiger partial charge in [0.2, 0.25) is 0 Å². The van der Waals surface area contributed by atoms with E-state index in [2.05, 4.69) is 0 Å². The molecule has 144 valence electrons. The number of fused-ring (bicyclic) bond motifs is 2. The Balaban J connectivity index is 2.09. The molecule has 0 unspecified atom stereocenters. The van der Waals surface area contributed by atoms with Crippen molar-refractivity contribution in [2.24, 2.45) is 0 Å². The molecule has 27 heavy (non-hydrogen) atoms. The smallest absolute Gasteiger partial charge is 0.333 e. The van der Waals surface area contributed by atoms with Crippen LogP contribution in [0.15, 0.2) is 33.0 Å². The topological polar surface area (TPSA) is 106 Å². The molecule has 2 aromatic rings. The van der Waals surface area contributed by atoms with E-state index in [4.69, 9.17) is 13.9 Å². The predicted molar refractivity (Wildman–Crippen MR) is 97.8 cm³/mol. The third-order valence-corrected chi connectivity index (χ3v) is 4.81. The number of benzene rings is 1. The third kappa shape index (κ3) is 3.30. The molecule has 2 heterocycles. The fourth-order valence-electron chi connectivity index (χ4n) is 3.04. The standard InChI is InChI=1S/C20H22O7/c1-5-10(2)19(24)26-16-7-12-14(27-20(16,3)4)8-15-17(18(12)23)13(22)6-11(9-21)25-15/h5-6,8,16,21,23H,7,9H2,1-4H3/t16-/m0/s1. The molecule has 0 fully saturated rings. The maximum absolute atomic E-state index is 12.3. The number of aliphatic hydroxyl groups excluding tert-OH is 1. The summed E-state index contributed by atoms with van der Waals surface area (Å²) in [6.45, 7) is 6.52. The molecule has 1 aliphatic heterocycles. The Morgan fingerprint density at radius 2 is 2.11 bits per heavy atom. The van der Waals surface area contributed by atoms with Gasteiger partial charge in [-0.15, -0.1) is 0 Å². The van der Waals surface area contributed by atoms with Gasteiger partial charge in [-0.2, -0.15) is 0 Å². The first-order chi connectivity index (χ1) is 12.7. The summed E-state index contributed by atoms with van der Waals surface area (Å²) < 4.78 is 17.0. The third-order valence-electron chi connectivity index (χ3n) is 4.81. The SMILES string of the molecule is CC=C(C)C(=O)O[C@H]1Cc2c(cc3oc(CO)cc(=O)c3c2O)OC1(C)C. The van der Waals surface area contributed by atoms with Crippen LogP contribution in [0.4, 0.5) is 0 Å². The van der Waals surface area contributed by atoms with E-state index in [1.54, 1.807) is 33.8 Å². The van der Waals surface area contributed by atoms with Crippen molar-refractivity contribution < 1.29 is 28.9 Å². The zero-order chi connectivity index (χ0) is 19.9. The highest BCUT2D eigenvalue weighted by molar-refractivity contribution is 5.88. The summed E-state index contributed by atoms with van der Waals surface area (Å²) >= 11 is 0. The summed E-state index contributed by atoms with van der Waals surface area (Å²) in [5.74, 6) is -0.288. The second-order valence-corrected chi connectivity index (χ2v) is 7.09. The minimum absolute atomic E-state index is 0.00367. The van der Waals surface area contributed by atoms with Gasteiger partial charge in [-0.05, 0) is 27.7 Å². The summed E-state index contributed by atoms with van der Waals surface area (Å²) in [4.78, 5) is 24.5. The average Bonchev–Trinajstić information content (AvgIpc) is 2.61. The van der Waals surface area contributed by atoms with Gasteiger partial charge >= 0.3 is 5.97 Å². The Morgan fingerprint density at radius 1 is 1.41 bits per heavy atom. The zero-order valence-corrected chi connectivity index (χ0v) is 15.7. The molecule has 1 aliphatic rings. The summed E-state index contributed by atoms with van der Waals surface area (Å²) in [6.07, 6.45) is 1.19. The summed E-state index contributed by atoms with van der Waals surface area (Å²) in [7, 11) is 0. The Morgan fingerprint density at radius 3 is 2.74 bits per heavy atom. The van der Waals surface area contributed by atoms with E-state index in [1.165, 1.54) is 6.07 Å². The van der Waals surface area contributed by atoms with E-state index in [9.17, 15) is 19.8 Å². The number of ether oxygens (including phenoxy) is 2. The van der Waals surface area contributed by atoms with Gasteiger partial charge < -0.3 is 24.1 Å². The van der Waals surface area contributed by atoms with Gasteiger partial charge in [0.1, 0.15) is 46.5 Å². The highest BCUT2D eigenvalue weighted by Crippen LogP contribution is 2.42. The Labute approximate surface area is 155 Å². The Hall–Kier alpha value is -2.80. The van der Waals surface area contributed by atoms with Crippen LogP contribution in [-0.2, 0) is 22.6 Å². The van der Waals surface area contributed by atoms with E-state index in [0.29, 0.717) is 16.9 Å². The molecule has 0 bridgehead atoms. The molecule has 1 atom stereocenters. The molecule has 0 aliphatic carbocycles. The number of carbonyl (C=O) groups is 1. The van der Waals surface area contributed by atoms with Crippen LogP contribution in [0.5, 0.6) is 11.5 Å². The lowest BCUT2D eigenvalue weighted by Crippen LogP contribution is -2.49. The largest absolute Gasteiger partial charge is 0.507 e. The average molecular weight is 374 g/mol. The summed E-state index contributed by atoms with van der Waals surface area (Å²) in [5.41, 5.74) is -0.355. The quantitative estimate of drug-likeness (QED) is 0.628. The van der Waals surface area contributed by atoms with Gasteiger partial charge in [0, 0.05) is 29.7 Å². The molecule has 7 heteroatoms. The van der Waals surface area contributed by atoms with Crippen LogP contribution in [0.25, 0.3) is 11.0 Å². The number of phenolic OH excluding ortho intramolecular Hbond substituents is 1. The van der Waals surface area contributed by atoms with Crippen molar-refractivity contribution in [3.05, 3.63) is 45.3 Å². The van der Waals surface area contributed by atoms with Crippen molar-refractivity contribution in [1.82, 2.24) is 0 Å². The molecule has 1 aromatic heterocycles.